The summed E-state index contributed by atoms with van der Waals surface area (Å²) in [5.74, 6) is 5.32. The van der Waals surface area contributed by atoms with E-state index in [2.05, 4.69) is 61.8 Å². The van der Waals surface area contributed by atoms with Gasteiger partial charge in [-0.15, -0.1) is 12.8 Å². The SMILES string of the molecule is C#Cc1ccc(CN(Cc2ccc(C#C)cc2)C(C)(C)C)cc1. The van der Waals surface area contributed by atoms with E-state index < -0.39 is 0 Å². The molecular formula is C22H23N. The minimum Gasteiger partial charge on any atom is -0.290 e. The van der Waals surface area contributed by atoms with Gasteiger partial charge in [0, 0.05) is 29.8 Å². The summed E-state index contributed by atoms with van der Waals surface area (Å²) in [6.07, 6.45) is 10.8. The molecule has 0 fully saturated rings. The fourth-order valence-corrected chi connectivity index (χ4v) is 2.38. The molecule has 0 unspecified atom stereocenters. The molecule has 0 saturated heterocycles. The summed E-state index contributed by atoms with van der Waals surface area (Å²) in [7, 11) is 0. The van der Waals surface area contributed by atoms with Crippen molar-refractivity contribution in [2.75, 3.05) is 0 Å². The minimum absolute atomic E-state index is 0.0651. The average molecular weight is 301 g/mol. The molecule has 2 rings (SSSR count). The van der Waals surface area contributed by atoms with Crippen molar-refractivity contribution in [3.8, 4) is 24.7 Å². The van der Waals surface area contributed by atoms with Crippen LogP contribution in [0.2, 0.25) is 0 Å². The van der Waals surface area contributed by atoms with Gasteiger partial charge in [0.15, 0.2) is 0 Å². The lowest BCUT2D eigenvalue weighted by Gasteiger charge is -2.36. The zero-order valence-electron chi connectivity index (χ0n) is 14.1. The first-order valence-electron chi connectivity index (χ1n) is 7.78. The Morgan fingerprint density at radius 1 is 0.739 bits per heavy atom. The zero-order valence-corrected chi connectivity index (χ0v) is 14.1. The maximum Gasteiger partial charge on any atom is 0.0242 e. The minimum atomic E-state index is 0.0651. The second-order valence-electron chi connectivity index (χ2n) is 6.71. The van der Waals surface area contributed by atoms with Crippen molar-refractivity contribution in [2.45, 2.75) is 39.4 Å². The Labute approximate surface area is 140 Å². The molecule has 23 heavy (non-hydrogen) atoms. The molecule has 116 valence electrons. The van der Waals surface area contributed by atoms with Crippen LogP contribution in [0.4, 0.5) is 0 Å². The van der Waals surface area contributed by atoms with E-state index in [-0.39, 0.29) is 5.54 Å². The van der Waals surface area contributed by atoms with Gasteiger partial charge in [-0.3, -0.25) is 4.90 Å². The molecule has 2 aromatic carbocycles. The summed E-state index contributed by atoms with van der Waals surface area (Å²) >= 11 is 0. The summed E-state index contributed by atoms with van der Waals surface area (Å²) in [5, 5.41) is 0. The number of hydrogen-bond donors (Lipinski definition) is 0. The molecule has 0 aromatic heterocycles. The van der Waals surface area contributed by atoms with Crippen molar-refractivity contribution in [3.05, 3.63) is 70.8 Å². The highest BCUT2D eigenvalue weighted by molar-refractivity contribution is 5.35. The highest BCUT2D eigenvalue weighted by Crippen LogP contribution is 2.21. The molecule has 0 radical (unpaired) electrons. The van der Waals surface area contributed by atoms with Crippen molar-refractivity contribution >= 4 is 0 Å². The summed E-state index contributed by atoms with van der Waals surface area (Å²) in [5.41, 5.74) is 4.43. The van der Waals surface area contributed by atoms with Gasteiger partial charge in [0.2, 0.25) is 0 Å². The lowest BCUT2D eigenvalue weighted by Crippen LogP contribution is -2.40. The Morgan fingerprint density at radius 2 is 1.09 bits per heavy atom. The van der Waals surface area contributed by atoms with Crippen LogP contribution in [0.1, 0.15) is 43.0 Å². The lowest BCUT2D eigenvalue weighted by molar-refractivity contribution is 0.118. The van der Waals surface area contributed by atoms with Gasteiger partial charge >= 0.3 is 0 Å². The van der Waals surface area contributed by atoms with Gasteiger partial charge in [0.05, 0.1) is 0 Å². The quantitative estimate of drug-likeness (QED) is 0.754. The van der Waals surface area contributed by atoms with Crippen LogP contribution in [0.15, 0.2) is 48.5 Å². The molecule has 0 atom stereocenters. The van der Waals surface area contributed by atoms with Crippen LogP contribution in [0.3, 0.4) is 0 Å². The highest BCUT2D eigenvalue weighted by Gasteiger charge is 2.21. The third-order valence-electron chi connectivity index (χ3n) is 3.94. The smallest absolute Gasteiger partial charge is 0.0242 e. The van der Waals surface area contributed by atoms with E-state index in [9.17, 15) is 0 Å². The monoisotopic (exact) mass is 301 g/mol. The van der Waals surface area contributed by atoms with Crippen LogP contribution >= 0.6 is 0 Å². The van der Waals surface area contributed by atoms with Crippen molar-refractivity contribution in [1.29, 1.82) is 0 Å². The fraction of sp³-hybridized carbons (Fsp3) is 0.273. The van der Waals surface area contributed by atoms with Gasteiger partial charge in [0.1, 0.15) is 0 Å². The Balaban J connectivity index is 2.16. The van der Waals surface area contributed by atoms with E-state index in [0.717, 1.165) is 24.2 Å². The molecule has 0 aliphatic heterocycles. The Bertz CT molecular complexity index is 657. The van der Waals surface area contributed by atoms with Crippen molar-refractivity contribution in [3.63, 3.8) is 0 Å². The molecule has 0 heterocycles. The number of rotatable bonds is 4. The van der Waals surface area contributed by atoms with E-state index in [1.54, 1.807) is 0 Å². The van der Waals surface area contributed by atoms with Crippen LogP contribution in [0.5, 0.6) is 0 Å². The molecule has 0 amide bonds. The number of terminal acetylenes is 2. The highest BCUT2D eigenvalue weighted by atomic mass is 15.2. The molecule has 2 aromatic rings. The van der Waals surface area contributed by atoms with Crippen molar-refractivity contribution in [1.82, 2.24) is 4.90 Å². The van der Waals surface area contributed by atoms with Gasteiger partial charge in [-0.25, -0.2) is 0 Å². The fourth-order valence-electron chi connectivity index (χ4n) is 2.38. The first-order valence-corrected chi connectivity index (χ1v) is 7.78. The molecule has 1 nitrogen and oxygen atoms in total. The molecule has 0 bridgehead atoms. The van der Waals surface area contributed by atoms with Gasteiger partial charge in [-0.2, -0.15) is 0 Å². The van der Waals surface area contributed by atoms with Gasteiger partial charge < -0.3 is 0 Å². The van der Waals surface area contributed by atoms with Crippen molar-refractivity contribution < 1.29 is 0 Å². The maximum atomic E-state index is 5.42. The third-order valence-corrected chi connectivity index (χ3v) is 3.94. The zero-order chi connectivity index (χ0) is 16.9. The summed E-state index contributed by atoms with van der Waals surface area (Å²) in [4.78, 5) is 2.45. The molecule has 0 aliphatic rings. The second kappa shape index (κ2) is 7.19. The van der Waals surface area contributed by atoms with E-state index in [0.29, 0.717) is 0 Å². The van der Waals surface area contributed by atoms with Crippen LogP contribution in [0.25, 0.3) is 0 Å². The molecule has 0 aliphatic carbocycles. The molecule has 1 heteroatoms. The molecular weight excluding hydrogens is 278 g/mol. The predicted molar refractivity (Wildman–Crippen MR) is 97.8 cm³/mol. The van der Waals surface area contributed by atoms with Gasteiger partial charge in [-0.05, 0) is 56.2 Å². The largest absolute Gasteiger partial charge is 0.290 e. The van der Waals surface area contributed by atoms with E-state index in [4.69, 9.17) is 12.8 Å². The maximum absolute atomic E-state index is 5.42. The summed E-state index contributed by atoms with van der Waals surface area (Å²) in [6.45, 7) is 8.46. The van der Waals surface area contributed by atoms with Crippen LogP contribution in [-0.2, 0) is 13.1 Å². The average Bonchev–Trinajstić information content (AvgIpc) is 2.54. The van der Waals surface area contributed by atoms with Crippen LogP contribution in [-0.4, -0.2) is 10.4 Å². The topological polar surface area (TPSA) is 3.24 Å². The normalized spacial score (nSPS) is 11.0. The Hall–Kier alpha value is -2.48. The van der Waals surface area contributed by atoms with E-state index in [1.807, 2.05) is 24.3 Å². The third kappa shape index (κ3) is 4.75. The number of benzene rings is 2. The Morgan fingerprint density at radius 3 is 1.35 bits per heavy atom. The second-order valence-corrected chi connectivity index (χ2v) is 6.71. The summed E-state index contributed by atoms with van der Waals surface area (Å²) < 4.78 is 0. The molecule has 0 saturated carbocycles. The summed E-state index contributed by atoms with van der Waals surface area (Å²) in [6, 6.07) is 16.4. The molecule has 0 N–H and O–H groups in total. The van der Waals surface area contributed by atoms with Crippen molar-refractivity contribution in [2.24, 2.45) is 0 Å². The number of hydrogen-bond acceptors (Lipinski definition) is 1. The van der Waals surface area contributed by atoms with Crippen LogP contribution in [0, 0.1) is 24.7 Å². The predicted octanol–water partition coefficient (Wildman–Crippen LogP) is 4.45. The molecule has 0 spiro atoms. The van der Waals surface area contributed by atoms with E-state index in [1.165, 1.54) is 11.1 Å². The van der Waals surface area contributed by atoms with Gasteiger partial charge in [-0.1, -0.05) is 36.1 Å². The first-order chi connectivity index (χ1) is 10.9. The first kappa shape index (κ1) is 16.9. The lowest BCUT2D eigenvalue weighted by atomic mass is 10.0. The van der Waals surface area contributed by atoms with Crippen LogP contribution < -0.4 is 0 Å². The number of nitrogens with zero attached hydrogens (tertiary/aromatic N) is 1. The standard InChI is InChI=1S/C22H23N/c1-6-18-8-12-20(13-9-18)16-23(22(3,4)5)17-21-14-10-19(7-2)11-15-21/h1-2,8-15H,16-17H2,3-5H3. The Kier molecular flexibility index (Phi) is 5.28. The van der Waals surface area contributed by atoms with Gasteiger partial charge in [0.25, 0.3) is 0 Å². The van der Waals surface area contributed by atoms with E-state index >= 15 is 0 Å².